The summed E-state index contributed by atoms with van der Waals surface area (Å²) in [5.74, 6) is 1.01. The quantitative estimate of drug-likeness (QED) is 0.828. The number of hydrogen-bond donors (Lipinski definition) is 0. The van der Waals surface area contributed by atoms with Crippen molar-refractivity contribution in [3.63, 3.8) is 0 Å². The van der Waals surface area contributed by atoms with Crippen molar-refractivity contribution in [2.24, 2.45) is 0 Å². The number of hydrogen-bond acceptors (Lipinski definition) is 2. The highest BCUT2D eigenvalue weighted by Crippen LogP contribution is 2.25. The maximum absolute atomic E-state index is 6.02. The van der Waals surface area contributed by atoms with E-state index in [0.717, 1.165) is 18.9 Å². The minimum Gasteiger partial charge on any atom is -0.492 e. The minimum absolute atomic E-state index is 0.786. The van der Waals surface area contributed by atoms with Crippen molar-refractivity contribution in [3.8, 4) is 5.75 Å². The summed E-state index contributed by atoms with van der Waals surface area (Å²) < 4.78 is 6.02. The maximum atomic E-state index is 6.02. The Morgan fingerprint density at radius 2 is 1.60 bits per heavy atom. The van der Waals surface area contributed by atoms with Crippen molar-refractivity contribution < 1.29 is 4.74 Å². The van der Waals surface area contributed by atoms with Crippen LogP contribution in [0.15, 0.2) is 42.5 Å². The van der Waals surface area contributed by atoms with Crippen molar-refractivity contribution in [2.75, 3.05) is 26.2 Å². The molecule has 0 atom stereocenters. The van der Waals surface area contributed by atoms with Gasteiger partial charge in [0.05, 0.1) is 0 Å². The van der Waals surface area contributed by atoms with Crippen LogP contribution in [0.2, 0.25) is 0 Å². The lowest BCUT2D eigenvalue weighted by atomic mass is 10.1. The molecule has 2 aromatic carbocycles. The first-order chi connectivity index (χ1) is 9.93. The Labute approximate surface area is 121 Å². The summed E-state index contributed by atoms with van der Waals surface area (Å²) in [6.45, 7) is 4.30. The molecule has 2 heteroatoms. The van der Waals surface area contributed by atoms with Crippen LogP contribution < -0.4 is 4.74 Å². The fraction of sp³-hybridized carbons (Fsp3) is 0.444. The third-order valence-corrected chi connectivity index (χ3v) is 4.11. The van der Waals surface area contributed by atoms with Crippen molar-refractivity contribution in [2.45, 2.75) is 25.7 Å². The Morgan fingerprint density at radius 1 is 0.850 bits per heavy atom. The van der Waals surface area contributed by atoms with Gasteiger partial charge in [0.2, 0.25) is 0 Å². The molecule has 1 fully saturated rings. The molecule has 3 rings (SSSR count). The van der Waals surface area contributed by atoms with Crippen LogP contribution in [0.4, 0.5) is 0 Å². The van der Waals surface area contributed by atoms with Crippen molar-refractivity contribution in [1.29, 1.82) is 0 Å². The van der Waals surface area contributed by atoms with E-state index in [4.69, 9.17) is 4.74 Å². The van der Waals surface area contributed by atoms with Crippen LogP contribution in [0.5, 0.6) is 5.75 Å². The lowest BCUT2D eigenvalue weighted by Crippen LogP contribution is -2.29. The van der Waals surface area contributed by atoms with Gasteiger partial charge in [0.25, 0.3) is 0 Å². The zero-order chi connectivity index (χ0) is 13.6. The van der Waals surface area contributed by atoms with Gasteiger partial charge in [0, 0.05) is 11.9 Å². The molecule has 0 saturated carbocycles. The highest BCUT2D eigenvalue weighted by molar-refractivity contribution is 5.88. The zero-order valence-corrected chi connectivity index (χ0v) is 12.1. The van der Waals surface area contributed by atoms with Gasteiger partial charge in [-0.3, -0.25) is 4.90 Å². The number of benzene rings is 2. The summed E-state index contributed by atoms with van der Waals surface area (Å²) in [5.41, 5.74) is 0. The Balaban J connectivity index is 1.59. The number of rotatable bonds is 4. The molecule has 106 valence electrons. The summed E-state index contributed by atoms with van der Waals surface area (Å²) in [6.07, 6.45) is 5.46. The third kappa shape index (κ3) is 3.31. The fourth-order valence-electron chi connectivity index (χ4n) is 2.97. The molecule has 2 aromatic rings. The predicted molar refractivity (Wildman–Crippen MR) is 84.4 cm³/mol. The van der Waals surface area contributed by atoms with Gasteiger partial charge < -0.3 is 4.74 Å². The SMILES string of the molecule is c1ccc2c(OCCN3CCCCCC3)cccc2c1. The number of ether oxygens (including phenoxy) is 1. The first-order valence-corrected chi connectivity index (χ1v) is 7.76. The molecule has 0 radical (unpaired) electrons. The van der Waals surface area contributed by atoms with E-state index in [1.165, 1.54) is 49.5 Å². The van der Waals surface area contributed by atoms with E-state index in [1.54, 1.807) is 0 Å². The standard InChI is InChI=1S/C18H23NO/c1-2-6-13-19(12-5-1)14-15-20-18-11-7-9-16-8-3-4-10-17(16)18/h3-4,7-11H,1-2,5-6,12-15H2. The van der Waals surface area contributed by atoms with Gasteiger partial charge in [0.15, 0.2) is 0 Å². The third-order valence-electron chi connectivity index (χ3n) is 4.11. The summed E-state index contributed by atoms with van der Waals surface area (Å²) in [5, 5.41) is 2.46. The lowest BCUT2D eigenvalue weighted by molar-refractivity contribution is 0.215. The van der Waals surface area contributed by atoms with E-state index in [1.807, 2.05) is 0 Å². The van der Waals surface area contributed by atoms with Gasteiger partial charge in [-0.1, -0.05) is 49.2 Å². The molecule has 0 spiro atoms. The van der Waals surface area contributed by atoms with Gasteiger partial charge >= 0.3 is 0 Å². The number of nitrogens with zero attached hydrogens (tertiary/aromatic N) is 1. The molecule has 2 nitrogen and oxygen atoms in total. The highest BCUT2D eigenvalue weighted by Gasteiger charge is 2.09. The molecule has 0 amide bonds. The predicted octanol–water partition coefficient (Wildman–Crippen LogP) is 4.09. The first kappa shape index (κ1) is 13.4. The van der Waals surface area contributed by atoms with Crippen LogP contribution in [0.1, 0.15) is 25.7 Å². The van der Waals surface area contributed by atoms with E-state index in [2.05, 4.69) is 47.4 Å². The average molecular weight is 269 g/mol. The van der Waals surface area contributed by atoms with Crippen LogP contribution in [0.25, 0.3) is 10.8 Å². The summed E-state index contributed by atoms with van der Waals surface area (Å²) in [4.78, 5) is 2.54. The van der Waals surface area contributed by atoms with E-state index < -0.39 is 0 Å². The molecule has 1 heterocycles. The van der Waals surface area contributed by atoms with Crippen molar-refractivity contribution in [3.05, 3.63) is 42.5 Å². The Kier molecular flexibility index (Phi) is 4.54. The van der Waals surface area contributed by atoms with E-state index in [0.29, 0.717) is 0 Å². The Bertz CT molecular complexity index is 539. The van der Waals surface area contributed by atoms with Gasteiger partial charge in [0.1, 0.15) is 12.4 Å². The minimum atomic E-state index is 0.786. The van der Waals surface area contributed by atoms with Crippen molar-refractivity contribution in [1.82, 2.24) is 4.90 Å². The number of fused-ring (bicyclic) bond motifs is 1. The topological polar surface area (TPSA) is 12.5 Å². The molecule has 0 bridgehead atoms. The molecule has 0 unspecified atom stereocenters. The Morgan fingerprint density at radius 3 is 2.45 bits per heavy atom. The van der Waals surface area contributed by atoms with Crippen LogP contribution in [0.3, 0.4) is 0 Å². The van der Waals surface area contributed by atoms with Crippen molar-refractivity contribution >= 4 is 10.8 Å². The largest absolute Gasteiger partial charge is 0.492 e. The zero-order valence-electron chi connectivity index (χ0n) is 12.1. The molecule has 20 heavy (non-hydrogen) atoms. The normalized spacial score (nSPS) is 17.0. The van der Waals surface area contributed by atoms with E-state index in [-0.39, 0.29) is 0 Å². The van der Waals surface area contributed by atoms with Crippen LogP contribution in [-0.2, 0) is 0 Å². The van der Waals surface area contributed by atoms with Crippen LogP contribution >= 0.6 is 0 Å². The van der Waals surface area contributed by atoms with E-state index >= 15 is 0 Å². The van der Waals surface area contributed by atoms with Crippen LogP contribution in [-0.4, -0.2) is 31.1 Å². The summed E-state index contributed by atoms with van der Waals surface area (Å²) in [7, 11) is 0. The molecular formula is C18H23NO. The second kappa shape index (κ2) is 6.76. The average Bonchev–Trinajstić information content (AvgIpc) is 2.76. The lowest BCUT2D eigenvalue weighted by Gasteiger charge is -2.20. The Hall–Kier alpha value is -1.54. The van der Waals surface area contributed by atoms with E-state index in [9.17, 15) is 0 Å². The monoisotopic (exact) mass is 269 g/mol. The van der Waals surface area contributed by atoms with Gasteiger partial charge in [-0.05, 0) is 37.4 Å². The summed E-state index contributed by atoms with van der Waals surface area (Å²) in [6, 6.07) is 14.7. The second-order valence-corrected chi connectivity index (χ2v) is 5.58. The molecule has 1 aliphatic heterocycles. The molecule has 0 N–H and O–H groups in total. The highest BCUT2D eigenvalue weighted by atomic mass is 16.5. The molecule has 1 aliphatic rings. The smallest absolute Gasteiger partial charge is 0.127 e. The van der Waals surface area contributed by atoms with Crippen LogP contribution in [0, 0.1) is 0 Å². The van der Waals surface area contributed by atoms with Gasteiger partial charge in [-0.2, -0.15) is 0 Å². The molecular weight excluding hydrogens is 246 g/mol. The van der Waals surface area contributed by atoms with Gasteiger partial charge in [-0.15, -0.1) is 0 Å². The molecule has 1 saturated heterocycles. The molecule has 0 aromatic heterocycles. The number of likely N-dealkylation sites (tertiary alicyclic amines) is 1. The van der Waals surface area contributed by atoms with Gasteiger partial charge in [-0.25, -0.2) is 0 Å². The molecule has 0 aliphatic carbocycles. The summed E-state index contributed by atoms with van der Waals surface area (Å²) >= 11 is 0. The first-order valence-electron chi connectivity index (χ1n) is 7.76. The fourth-order valence-corrected chi connectivity index (χ4v) is 2.97. The maximum Gasteiger partial charge on any atom is 0.127 e. The second-order valence-electron chi connectivity index (χ2n) is 5.58.